The van der Waals surface area contributed by atoms with Crippen LogP contribution < -0.4 is 16.0 Å². The monoisotopic (exact) mass is 604 g/mol. The topological polar surface area (TPSA) is 73.5 Å². The molecule has 1 aliphatic heterocycles. The maximum Gasteiger partial charge on any atom is 0.247 e. The Morgan fingerprint density at radius 2 is 1.62 bits per heavy atom. The van der Waals surface area contributed by atoms with E-state index in [2.05, 4.69) is 101 Å². The van der Waals surface area contributed by atoms with Crippen LogP contribution in [0.15, 0.2) is 90.5 Å². The van der Waals surface area contributed by atoms with Crippen LogP contribution in [0.1, 0.15) is 73.6 Å². The van der Waals surface area contributed by atoms with Crippen molar-refractivity contribution in [2.24, 2.45) is 5.92 Å². The fourth-order valence-electron chi connectivity index (χ4n) is 7.07. The molecule has 1 saturated heterocycles. The van der Waals surface area contributed by atoms with Crippen LogP contribution in [-0.2, 0) is 16.0 Å². The number of amides is 2. The number of nitrogens with zero attached hydrogens (tertiary/aromatic N) is 1. The summed E-state index contributed by atoms with van der Waals surface area (Å²) in [4.78, 5) is 29.7. The number of carbonyl (C=O) groups is 2. The number of hydrogen-bond acceptors (Lipinski definition) is 4. The van der Waals surface area contributed by atoms with Crippen LogP contribution in [0.3, 0.4) is 0 Å². The molecule has 6 rings (SSSR count). The third kappa shape index (κ3) is 7.92. The van der Waals surface area contributed by atoms with Gasteiger partial charge in [-0.2, -0.15) is 0 Å². The fourth-order valence-corrected chi connectivity index (χ4v) is 7.07. The highest BCUT2D eigenvalue weighted by atomic mass is 16.2. The Bertz CT molecular complexity index is 1410. The number of benzene rings is 3. The summed E-state index contributed by atoms with van der Waals surface area (Å²) < 4.78 is 0. The van der Waals surface area contributed by atoms with Gasteiger partial charge >= 0.3 is 0 Å². The van der Waals surface area contributed by atoms with E-state index in [1.165, 1.54) is 36.0 Å². The van der Waals surface area contributed by atoms with E-state index in [4.69, 9.17) is 0 Å². The molecule has 3 atom stereocenters. The van der Waals surface area contributed by atoms with Gasteiger partial charge in [-0.05, 0) is 79.3 Å². The van der Waals surface area contributed by atoms with Gasteiger partial charge in [0.05, 0.1) is 6.04 Å². The molecule has 1 saturated carbocycles. The minimum atomic E-state index is -0.274. The highest BCUT2D eigenvalue weighted by Gasteiger charge is 2.33. The SMILES string of the molecule is CC1Cc2ccccc2C=C1C(=O)NC[C@@H]1CCN(CC(c2ccccc2)c2ccccc2)C(=O)[C@H](CCCNC2CCC2)N1. The molecule has 45 heavy (non-hydrogen) atoms. The lowest BCUT2D eigenvalue weighted by atomic mass is 9.84. The Labute approximate surface area is 268 Å². The molecule has 2 amide bonds. The molecular weight excluding hydrogens is 556 g/mol. The molecule has 2 fully saturated rings. The molecular formula is C39H48N4O2. The van der Waals surface area contributed by atoms with Gasteiger partial charge in [0.15, 0.2) is 0 Å². The normalized spacial score (nSPS) is 21.9. The fraction of sp³-hybridized carbons (Fsp3) is 0.436. The third-order valence-corrected chi connectivity index (χ3v) is 10.0. The Hall–Kier alpha value is -3.74. The predicted octanol–water partition coefficient (Wildman–Crippen LogP) is 5.69. The summed E-state index contributed by atoms with van der Waals surface area (Å²) in [5, 5.41) is 10.6. The summed E-state index contributed by atoms with van der Waals surface area (Å²) in [5.74, 6) is 0.435. The van der Waals surface area contributed by atoms with Crippen molar-refractivity contribution in [2.75, 3.05) is 26.2 Å². The first-order chi connectivity index (χ1) is 22.0. The van der Waals surface area contributed by atoms with Crippen molar-refractivity contribution >= 4 is 17.9 Å². The van der Waals surface area contributed by atoms with E-state index in [0.717, 1.165) is 43.4 Å². The number of nitrogens with one attached hydrogen (secondary N) is 3. The second-order valence-corrected chi connectivity index (χ2v) is 13.2. The number of fused-ring (bicyclic) bond motifs is 1. The Kier molecular flexibility index (Phi) is 10.4. The van der Waals surface area contributed by atoms with Crippen molar-refractivity contribution in [3.63, 3.8) is 0 Å². The molecule has 3 N–H and O–H groups in total. The van der Waals surface area contributed by atoms with Crippen LogP contribution >= 0.6 is 0 Å². The lowest BCUT2D eigenvalue weighted by Crippen LogP contribution is -2.49. The Morgan fingerprint density at radius 3 is 2.31 bits per heavy atom. The molecule has 1 heterocycles. The zero-order valence-corrected chi connectivity index (χ0v) is 26.6. The van der Waals surface area contributed by atoms with Crippen molar-refractivity contribution < 1.29 is 9.59 Å². The van der Waals surface area contributed by atoms with Crippen LogP contribution in [0.5, 0.6) is 0 Å². The van der Waals surface area contributed by atoms with Crippen molar-refractivity contribution in [2.45, 2.75) is 75.9 Å². The Morgan fingerprint density at radius 1 is 0.933 bits per heavy atom. The molecule has 236 valence electrons. The largest absolute Gasteiger partial charge is 0.351 e. The van der Waals surface area contributed by atoms with Gasteiger partial charge in [0.2, 0.25) is 11.8 Å². The van der Waals surface area contributed by atoms with Crippen LogP contribution in [0.4, 0.5) is 0 Å². The molecule has 0 bridgehead atoms. The molecule has 3 aromatic carbocycles. The quantitative estimate of drug-likeness (QED) is 0.232. The van der Waals surface area contributed by atoms with E-state index in [1.54, 1.807) is 0 Å². The van der Waals surface area contributed by atoms with E-state index < -0.39 is 0 Å². The highest BCUT2D eigenvalue weighted by molar-refractivity contribution is 5.99. The highest BCUT2D eigenvalue weighted by Crippen LogP contribution is 2.29. The zero-order chi connectivity index (χ0) is 31.0. The number of hydrogen-bond donors (Lipinski definition) is 3. The van der Waals surface area contributed by atoms with Crippen LogP contribution in [-0.4, -0.2) is 61.0 Å². The Balaban J connectivity index is 1.15. The standard InChI is InChI=1S/C39H48N4O2/c1-28-24-31-16-8-9-17-32(31)25-35(28)38(44)41-26-34-21-23-43(39(45)37(42-34)20-11-22-40-33-18-10-19-33)27-36(29-12-4-2-5-13-29)30-14-6-3-7-15-30/h2-9,12-17,25,28,33-34,36-37,40,42H,10-11,18-24,26-27H2,1H3,(H,41,44)/t28?,34-,37-/m0/s1. The average molecular weight is 605 g/mol. The summed E-state index contributed by atoms with van der Waals surface area (Å²) >= 11 is 0. The maximum atomic E-state index is 14.2. The lowest BCUT2D eigenvalue weighted by molar-refractivity contribution is -0.133. The molecule has 3 aliphatic rings. The first kappa shape index (κ1) is 31.3. The van der Waals surface area contributed by atoms with E-state index in [0.29, 0.717) is 25.7 Å². The van der Waals surface area contributed by atoms with Gasteiger partial charge in [-0.15, -0.1) is 0 Å². The first-order valence-electron chi connectivity index (χ1n) is 17.0. The third-order valence-electron chi connectivity index (χ3n) is 10.0. The lowest BCUT2D eigenvalue weighted by Gasteiger charge is -2.30. The summed E-state index contributed by atoms with van der Waals surface area (Å²) in [7, 11) is 0. The van der Waals surface area contributed by atoms with Gasteiger partial charge < -0.3 is 20.9 Å². The summed E-state index contributed by atoms with van der Waals surface area (Å²) in [6.45, 7) is 4.86. The van der Waals surface area contributed by atoms with Gasteiger partial charge in [0.25, 0.3) is 0 Å². The van der Waals surface area contributed by atoms with E-state index in [9.17, 15) is 9.59 Å². The molecule has 0 aromatic heterocycles. The first-order valence-corrected chi connectivity index (χ1v) is 17.0. The summed E-state index contributed by atoms with van der Waals surface area (Å²) in [6, 6.07) is 29.8. The molecule has 3 aromatic rings. The van der Waals surface area contributed by atoms with Crippen molar-refractivity contribution in [1.29, 1.82) is 0 Å². The van der Waals surface area contributed by atoms with Crippen LogP contribution in [0.2, 0.25) is 0 Å². The van der Waals surface area contributed by atoms with Crippen LogP contribution in [0, 0.1) is 5.92 Å². The van der Waals surface area contributed by atoms with Gasteiger partial charge in [0.1, 0.15) is 0 Å². The van der Waals surface area contributed by atoms with Gasteiger partial charge in [0, 0.05) is 43.2 Å². The molecule has 0 radical (unpaired) electrons. The smallest absolute Gasteiger partial charge is 0.247 e. The molecule has 6 heteroatoms. The van der Waals surface area contributed by atoms with Crippen LogP contribution in [0.25, 0.3) is 6.08 Å². The van der Waals surface area contributed by atoms with E-state index in [1.807, 2.05) is 18.2 Å². The van der Waals surface area contributed by atoms with Gasteiger partial charge in [-0.3, -0.25) is 9.59 Å². The van der Waals surface area contributed by atoms with Gasteiger partial charge in [-0.25, -0.2) is 0 Å². The predicted molar refractivity (Wildman–Crippen MR) is 182 cm³/mol. The summed E-state index contributed by atoms with van der Waals surface area (Å²) in [6.07, 6.45) is 9.27. The molecule has 0 spiro atoms. The number of carbonyl (C=O) groups excluding carboxylic acids is 2. The number of rotatable bonds is 12. The molecule has 1 unspecified atom stereocenters. The average Bonchev–Trinajstić information content (AvgIpc) is 3.19. The molecule has 6 nitrogen and oxygen atoms in total. The molecule has 2 aliphatic carbocycles. The van der Waals surface area contributed by atoms with Crippen molar-refractivity contribution in [3.8, 4) is 0 Å². The van der Waals surface area contributed by atoms with E-state index in [-0.39, 0.29) is 35.7 Å². The van der Waals surface area contributed by atoms with E-state index >= 15 is 0 Å². The zero-order valence-electron chi connectivity index (χ0n) is 26.6. The second kappa shape index (κ2) is 15.0. The van der Waals surface area contributed by atoms with Gasteiger partial charge in [-0.1, -0.05) is 98.3 Å². The maximum absolute atomic E-state index is 14.2. The van der Waals surface area contributed by atoms with Crippen molar-refractivity contribution in [1.82, 2.24) is 20.9 Å². The summed E-state index contributed by atoms with van der Waals surface area (Å²) in [5.41, 5.74) is 5.71. The minimum Gasteiger partial charge on any atom is -0.351 e. The minimum absolute atomic E-state index is 0.000648. The second-order valence-electron chi connectivity index (χ2n) is 13.2. The van der Waals surface area contributed by atoms with Crippen molar-refractivity contribution in [3.05, 3.63) is 113 Å².